The van der Waals surface area contributed by atoms with E-state index in [1.807, 2.05) is 6.92 Å². The van der Waals surface area contributed by atoms with Gasteiger partial charge in [0.1, 0.15) is 54.9 Å². The molecule has 542 valence electrons. The summed E-state index contributed by atoms with van der Waals surface area (Å²) in [5, 5.41) is 194. The number of likely N-dealkylation sites (tertiary alicyclic amines) is 1. The molecule has 2 bridgehead atoms. The van der Waals surface area contributed by atoms with Crippen LogP contribution in [-0.2, 0) is 42.7 Å². The molecule has 0 saturated carbocycles. The van der Waals surface area contributed by atoms with Gasteiger partial charge in [0.15, 0.2) is 18.4 Å². The van der Waals surface area contributed by atoms with Crippen molar-refractivity contribution in [3.63, 3.8) is 0 Å². The lowest BCUT2D eigenvalue weighted by molar-refractivity contribution is -0.368. The Bertz CT molecular complexity index is 2520. The van der Waals surface area contributed by atoms with Crippen LogP contribution in [-0.4, -0.2) is 302 Å². The molecule has 0 aromatic rings. The quantitative estimate of drug-likeness (QED) is 0.0843. The number of carbonyl (C=O) groups is 2. The summed E-state index contributed by atoms with van der Waals surface area (Å²) in [6, 6.07) is -1.46. The van der Waals surface area contributed by atoms with Gasteiger partial charge < -0.3 is 136 Å². The monoisotopic (exact) mass is 1360 g/mol. The van der Waals surface area contributed by atoms with Crippen molar-refractivity contribution in [1.82, 2.24) is 15.5 Å². The Morgan fingerprint density at radius 2 is 1.24 bits per heavy atom. The molecule has 0 aliphatic carbocycles. The van der Waals surface area contributed by atoms with Gasteiger partial charge in [-0.2, -0.15) is 0 Å². The number of aliphatic hydroxyl groups excluding tert-OH is 15. The summed E-state index contributed by atoms with van der Waals surface area (Å²) in [5.74, 6) is -8.70. The number of ether oxygens (including phenoxy) is 7. The summed E-state index contributed by atoms with van der Waals surface area (Å²) in [6.45, 7) is 6.68. The van der Waals surface area contributed by atoms with Gasteiger partial charge in [-0.3, -0.25) is 9.59 Å². The first-order valence-corrected chi connectivity index (χ1v) is 33.2. The van der Waals surface area contributed by atoms with Crippen LogP contribution in [0.2, 0.25) is 0 Å². The van der Waals surface area contributed by atoms with Crippen molar-refractivity contribution in [2.45, 2.75) is 251 Å². The van der Waals surface area contributed by atoms with Crippen molar-refractivity contribution < 1.29 is 130 Å². The first-order chi connectivity index (χ1) is 45.0. The highest BCUT2D eigenvalue weighted by atomic mass is 16.7. The molecule has 28 atom stereocenters. The number of carbonyl (C=O) groups excluding carboxylic acids is 2. The molecule has 5 unspecified atom stereocenters. The van der Waals surface area contributed by atoms with Gasteiger partial charge in [0.2, 0.25) is 11.7 Å². The zero-order valence-corrected chi connectivity index (χ0v) is 54.5. The van der Waals surface area contributed by atoms with Gasteiger partial charge in [-0.15, -0.1) is 0 Å². The fourth-order valence-electron chi connectivity index (χ4n) is 12.6. The fourth-order valence-corrected chi connectivity index (χ4v) is 12.6. The number of cyclic esters (lactones) is 1. The van der Waals surface area contributed by atoms with Crippen molar-refractivity contribution in [3.05, 3.63) is 85.1 Å². The summed E-state index contributed by atoms with van der Waals surface area (Å²) in [5.41, 5.74) is 0. The third kappa shape index (κ3) is 23.9. The minimum atomic E-state index is -2.67. The first kappa shape index (κ1) is 80.1. The number of rotatable bonds is 12. The fraction of sp³-hybridized carbons (Fsp3) is 0.758. The van der Waals surface area contributed by atoms with Crippen LogP contribution in [0.15, 0.2) is 85.1 Å². The first-order valence-electron chi connectivity index (χ1n) is 33.2. The van der Waals surface area contributed by atoms with Crippen molar-refractivity contribution in [2.24, 2.45) is 17.8 Å². The van der Waals surface area contributed by atoms with Crippen LogP contribution in [0.3, 0.4) is 0 Å². The van der Waals surface area contributed by atoms with Crippen LogP contribution < -0.4 is 10.6 Å². The number of allylic oxidation sites excluding steroid dienone is 12. The predicted molar refractivity (Wildman–Crippen MR) is 338 cm³/mol. The predicted octanol–water partition coefficient (Wildman–Crippen LogP) is -3.51. The lowest BCUT2D eigenvalue weighted by Crippen LogP contribution is -2.70. The summed E-state index contributed by atoms with van der Waals surface area (Å²) in [6.07, 6.45) is -10.3. The Kier molecular flexibility index (Phi) is 32.6. The lowest BCUT2D eigenvalue weighted by Gasteiger charge is -2.48. The SMILES string of the molecule is CC1[C@H](C)OC(=O)C[C@H](O)C[C@H](O)CC[C@@H](O)[C@H](O)C[C@H](O)C[C@]2(O)C[C@H](O)C(C(=O)NCCN3CCCCC3)C(C[C@@H](OC3O[C@H](C)[C@@H](O)[C@H](NC[C@@]4(O)OC[C@@H](O)[C@@H](OC5O[C@H](CO)[C@@H](O)[C@H](O)[C@H]5O)[C@@H]4O)[C@@H]3O)C=CC=CC=CC=CC=CC=CC=C[C@H](C)[C@H]1O)O2. The second kappa shape index (κ2) is 38.6. The van der Waals surface area contributed by atoms with Gasteiger partial charge in [0, 0.05) is 50.6 Å². The maximum atomic E-state index is 14.4. The molecule has 29 nitrogen and oxygen atoms in total. The van der Waals surface area contributed by atoms with Crippen molar-refractivity contribution >= 4 is 11.9 Å². The zero-order valence-electron chi connectivity index (χ0n) is 54.5. The Labute approximate surface area is 554 Å². The van der Waals surface area contributed by atoms with E-state index in [0.29, 0.717) is 6.54 Å². The summed E-state index contributed by atoms with van der Waals surface area (Å²) in [7, 11) is 0. The van der Waals surface area contributed by atoms with E-state index in [9.17, 15) is 96.4 Å². The van der Waals surface area contributed by atoms with Crippen LogP contribution in [0, 0.1) is 17.8 Å². The normalized spacial score (nSPS) is 43.5. The van der Waals surface area contributed by atoms with E-state index in [1.165, 1.54) is 13.0 Å². The standard InChI is InChI=1S/C66H107N3O26/c1-37-20-16-13-11-9-7-5-6-8-10-12-14-17-21-44(92-63-57(82)53(55(80)40(4)91-63)68-36-66(88)61(85)60(48(77)35-89-66)94-64-59(84)58(83)56(81)50(34-70)93-64)31-49-52(62(86)67-24-27-69-25-18-15-19-26-69)47(76)33-65(87,95-49)32-43(73)29-46(75)45(74)23-22-41(71)28-42(72)30-51(78)90-39(3)38(2)54(37)79/h5-14,16-17,20-21,37-50,52-61,63-64,68,70-77,79-85,87-88H,15,18-19,22-36H2,1-4H3,(H,67,86)/t37-,38?,39-,40+,41+,42+,43-,44-,45+,46+,47-,48+,49?,50+,52?,53-,54+,55+,56+,57-,58-,59+,60+,61-,63?,64?,65+,66+/m0/s1. The van der Waals surface area contributed by atoms with Crippen LogP contribution in [0.5, 0.6) is 0 Å². The molecule has 5 fully saturated rings. The number of nitrogens with zero attached hydrogens (tertiary/aromatic N) is 1. The minimum absolute atomic E-state index is 0.149. The lowest BCUT2D eigenvalue weighted by atomic mass is 9.82. The number of aliphatic hydroxyl groups is 17. The zero-order chi connectivity index (χ0) is 69.7. The van der Waals surface area contributed by atoms with Gasteiger partial charge in [-0.25, -0.2) is 0 Å². The maximum Gasteiger partial charge on any atom is 0.308 e. The molecule has 1 amide bonds. The summed E-state index contributed by atoms with van der Waals surface area (Å²) in [4.78, 5) is 29.4. The van der Waals surface area contributed by atoms with Crippen molar-refractivity contribution in [3.8, 4) is 0 Å². The molecular formula is C66H107N3O26. The third-order valence-electron chi connectivity index (χ3n) is 18.6. The maximum absolute atomic E-state index is 14.4. The molecule has 0 aromatic carbocycles. The molecule has 95 heavy (non-hydrogen) atoms. The average Bonchev–Trinajstić information content (AvgIpc) is 0.787. The smallest absolute Gasteiger partial charge is 0.308 e. The molecule has 0 radical (unpaired) electrons. The Hall–Kier alpha value is -3.88. The molecule has 5 saturated heterocycles. The van der Waals surface area contributed by atoms with Crippen LogP contribution in [0.1, 0.15) is 98.3 Å². The van der Waals surface area contributed by atoms with Crippen LogP contribution >= 0.6 is 0 Å². The van der Waals surface area contributed by atoms with Gasteiger partial charge in [-0.05, 0) is 59.0 Å². The van der Waals surface area contributed by atoms with E-state index >= 15 is 0 Å². The number of piperidine rings is 1. The van der Waals surface area contributed by atoms with Crippen molar-refractivity contribution in [2.75, 3.05) is 45.9 Å². The second-order valence-electron chi connectivity index (χ2n) is 26.2. The Morgan fingerprint density at radius 3 is 1.88 bits per heavy atom. The van der Waals surface area contributed by atoms with Gasteiger partial charge in [0.05, 0.1) is 105 Å². The number of hydrogen-bond donors (Lipinski definition) is 19. The second-order valence-corrected chi connectivity index (χ2v) is 26.2. The molecule has 6 aliphatic rings. The number of fused-ring (bicyclic) bond motifs is 2. The topological polar surface area (TPSA) is 470 Å². The molecule has 6 rings (SSSR count). The highest BCUT2D eigenvalue weighted by Crippen LogP contribution is 2.39. The number of hydrogen-bond acceptors (Lipinski definition) is 28. The van der Waals surface area contributed by atoms with Crippen LogP contribution in [0.25, 0.3) is 0 Å². The van der Waals surface area contributed by atoms with Crippen molar-refractivity contribution in [1.29, 1.82) is 0 Å². The molecule has 0 spiro atoms. The van der Waals surface area contributed by atoms with Gasteiger partial charge in [0.25, 0.3) is 0 Å². The third-order valence-corrected chi connectivity index (χ3v) is 18.6. The largest absolute Gasteiger partial charge is 0.462 e. The van der Waals surface area contributed by atoms with E-state index in [4.69, 9.17) is 33.2 Å². The number of nitrogens with one attached hydrogen (secondary N) is 2. The van der Waals surface area contributed by atoms with Crippen LogP contribution in [0.4, 0.5) is 0 Å². The molecule has 19 N–H and O–H groups in total. The van der Waals surface area contributed by atoms with E-state index in [2.05, 4.69) is 15.5 Å². The summed E-state index contributed by atoms with van der Waals surface area (Å²) >= 11 is 0. The van der Waals surface area contributed by atoms with E-state index in [1.54, 1.807) is 92.8 Å². The molecule has 6 aliphatic heterocycles. The number of amides is 1. The highest BCUT2D eigenvalue weighted by molar-refractivity contribution is 5.80. The average molecular weight is 1360 g/mol. The van der Waals surface area contributed by atoms with Gasteiger partial charge in [-0.1, -0.05) is 105 Å². The van der Waals surface area contributed by atoms with E-state index < -0.39 is 221 Å². The van der Waals surface area contributed by atoms with Gasteiger partial charge >= 0.3 is 5.97 Å². The summed E-state index contributed by atoms with van der Waals surface area (Å²) < 4.78 is 40.9. The Balaban J connectivity index is 1.26. The molecule has 6 heterocycles. The molecule has 0 aromatic heterocycles. The Morgan fingerprint density at radius 1 is 0.621 bits per heavy atom. The van der Waals surface area contributed by atoms with E-state index in [0.717, 1.165) is 32.4 Å². The molecular weight excluding hydrogens is 1250 g/mol. The minimum Gasteiger partial charge on any atom is -0.462 e. The highest BCUT2D eigenvalue weighted by Gasteiger charge is 2.55. The number of esters is 1. The molecule has 29 heteroatoms. The van der Waals surface area contributed by atoms with E-state index in [-0.39, 0.29) is 38.1 Å².